The number of hydrogen-bond donors (Lipinski definition) is 1. The molecule has 140 valence electrons. The van der Waals surface area contributed by atoms with E-state index >= 15 is 0 Å². The van der Waals surface area contributed by atoms with Gasteiger partial charge >= 0.3 is 5.97 Å². The molecule has 3 aromatic carbocycles. The fourth-order valence-corrected chi connectivity index (χ4v) is 3.81. The van der Waals surface area contributed by atoms with Crippen molar-refractivity contribution < 1.29 is 19.4 Å². The van der Waals surface area contributed by atoms with Gasteiger partial charge in [-0.05, 0) is 24.1 Å². The summed E-state index contributed by atoms with van der Waals surface area (Å²) < 4.78 is 5.46. The summed E-state index contributed by atoms with van der Waals surface area (Å²) in [6, 6.07) is 21.8. The number of halogens is 1. The van der Waals surface area contributed by atoms with E-state index in [0.717, 1.165) is 16.7 Å². The molecule has 5 heteroatoms. The van der Waals surface area contributed by atoms with Crippen molar-refractivity contribution in [1.29, 1.82) is 0 Å². The zero-order valence-corrected chi connectivity index (χ0v) is 15.8. The third kappa shape index (κ3) is 2.82. The molecular weight excluding hydrogens is 376 g/mol. The van der Waals surface area contributed by atoms with Gasteiger partial charge in [-0.2, -0.15) is 0 Å². The third-order valence-electron chi connectivity index (χ3n) is 4.99. The minimum Gasteiger partial charge on any atom is -0.439 e. The van der Waals surface area contributed by atoms with Gasteiger partial charge in [-0.25, -0.2) is 4.79 Å². The lowest BCUT2D eigenvalue weighted by Gasteiger charge is -2.28. The molecule has 0 aromatic heterocycles. The quantitative estimate of drug-likeness (QED) is 0.539. The number of aliphatic hydroxyl groups is 1. The highest BCUT2D eigenvalue weighted by molar-refractivity contribution is 6.32. The monoisotopic (exact) mass is 392 g/mol. The Hall–Kier alpha value is -2.95. The second-order valence-electron chi connectivity index (χ2n) is 6.80. The molecule has 2 atom stereocenters. The van der Waals surface area contributed by atoms with Crippen LogP contribution in [0.1, 0.15) is 16.7 Å². The van der Waals surface area contributed by atoms with Crippen molar-refractivity contribution in [3.8, 4) is 11.1 Å². The Bertz CT molecular complexity index is 1060. The molecule has 1 heterocycles. The van der Waals surface area contributed by atoms with Gasteiger partial charge in [-0.15, -0.1) is 0 Å². The molecule has 1 saturated heterocycles. The van der Waals surface area contributed by atoms with Crippen molar-refractivity contribution in [3.63, 3.8) is 0 Å². The Labute approximate surface area is 167 Å². The molecular formula is C23H17ClO4. The lowest BCUT2D eigenvalue weighted by molar-refractivity contribution is -0.151. The highest BCUT2D eigenvalue weighted by atomic mass is 35.5. The molecule has 1 aliphatic rings. The first-order valence-electron chi connectivity index (χ1n) is 8.81. The maximum Gasteiger partial charge on any atom is 0.344 e. The summed E-state index contributed by atoms with van der Waals surface area (Å²) in [4.78, 5) is 25.0. The Morgan fingerprint density at radius 1 is 0.929 bits per heavy atom. The molecule has 0 aliphatic carbocycles. The highest BCUT2D eigenvalue weighted by Crippen LogP contribution is 2.44. The normalized spacial score (nSPS) is 21.6. The van der Waals surface area contributed by atoms with Crippen molar-refractivity contribution in [3.05, 3.63) is 94.5 Å². The zero-order chi connectivity index (χ0) is 19.9. The van der Waals surface area contributed by atoms with Crippen LogP contribution >= 0.6 is 11.6 Å². The van der Waals surface area contributed by atoms with Crippen LogP contribution in [-0.4, -0.2) is 23.0 Å². The van der Waals surface area contributed by atoms with Crippen molar-refractivity contribution in [2.75, 3.05) is 0 Å². The van der Waals surface area contributed by atoms with Crippen LogP contribution in [0, 0.1) is 6.92 Å². The summed E-state index contributed by atoms with van der Waals surface area (Å²) in [6.45, 7) is 2.01. The number of ketones is 1. The number of cyclic esters (lactones) is 1. The second kappa shape index (κ2) is 6.89. The minimum atomic E-state index is -1.84. The largest absolute Gasteiger partial charge is 0.439 e. The average molecular weight is 393 g/mol. The van der Waals surface area contributed by atoms with Crippen LogP contribution in [0.5, 0.6) is 0 Å². The average Bonchev–Trinajstić information content (AvgIpc) is 2.94. The molecule has 0 spiro atoms. The Morgan fingerprint density at radius 2 is 1.57 bits per heavy atom. The summed E-state index contributed by atoms with van der Waals surface area (Å²) in [6.07, 6.45) is -1.84. The topological polar surface area (TPSA) is 63.6 Å². The SMILES string of the molecule is Cc1ccc(-c2ccc(C3(c4ccccc4)OC(=O)C(O)C3=O)c(Cl)c2)cc1. The minimum absolute atomic E-state index is 0.275. The van der Waals surface area contributed by atoms with Crippen molar-refractivity contribution in [2.24, 2.45) is 0 Å². The van der Waals surface area contributed by atoms with Crippen LogP contribution in [0.3, 0.4) is 0 Å². The Balaban J connectivity index is 1.88. The fraction of sp³-hybridized carbons (Fsp3) is 0.130. The van der Waals surface area contributed by atoms with E-state index in [9.17, 15) is 14.7 Å². The first-order chi connectivity index (χ1) is 13.4. The van der Waals surface area contributed by atoms with Crippen LogP contribution < -0.4 is 0 Å². The molecule has 1 N–H and O–H groups in total. The van der Waals surface area contributed by atoms with E-state index < -0.39 is 23.5 Å². The lowest BCUT2D eigenvalue weighted by atomic mass is 9.81. The van der Waals surface area contributed by atoms with Gasteiger partial charge in [0.05, 0.1) is 0 Å². The van der Waals surface area contributed by atoms with Crippen molar-refractivity contribution >= 4 is 23.4 Å². The number of carbonyl (C=O) groups is 2. The molecule has 0 bridgehead atoms. The number of hydrogen-bond acceptors (Lipinski definition) is 4. The van der Waals surface area contributed by atoms with Gasteiger partial charge in [-0.3, -0.25) is 4.79 Å². The van der Waals surface area contributed by atoms with Gasteiger partial charge in [0.1, 0.15) is 0 Å². The molecule has 1 fully saturated rings. The maximum atomic E-state index is 12.9. The summed E-state index contributed by atoms with van der Waals surface area (Å²) in [5, 5.41) is 10.3. The summed E-state index contributed by atoms with van der Waals surface area (Å²) in [7, 11) is 0. The fourth-order valence-electron chi connectivity index (χ4n) is 3.50. The molecule has 0 saturated carbocycles. The van der Waals surface area contributed by atoms with Gasteiger partial charge in [-0.1, -0.05) is 83.9 Å². The van der Waals surface area contributed by atoms with Gasteiger partial charge in [0.2, 0.25) is 17.5 Å². The number of rotatable bonds is 3. The molecule has 2 unspecified atom stereocenters. The molecule has 0 radical (unpaired) electrons. The number of ether oxygens (including phenoxy) is 1. The van der Waals surface area contributed by atoms with E-state index in [1.807, 2.05) is 37.3 Å². The van der Waals surface area contributed by atoms with E-state index in [2.05, 4.69) is 0 Å². The summed E-state index contributed by atoms with van der Waals surface area (Å²) in [5.74, 6) is -1.72. The molecule has 4 nitrogen and oxygen atoms in total. The number of Topliss-reactive ketones (excluding diaryl/α,β-unsaturated/α-hetero) is 1. The third-order valence-corrected chi connectivity index (χ3v) is 5.30. The number of esters is 1. The number of aliphatic hydroxyl groups excluding tert-OH is 1. The van der Waals surface area contributed by atoms with Gasteiger partial charge in [0, 0.05) is 16.1 Å². The van der Waals surface area contributed by atoms with Crippen LogP contribution in [0.15, 0.2) is 72.8 Å². The smallest absolute Gasteiger partial charge is 0.344 e. The molecule has 28 heavy (non-hydrogen) atoms. The molecule has 1 aliphatic heterocycles. The second-order valence-corrected chi connectivity index (χ2v) is 7.20. The molecule has 4 rings (SSSR count). The Morgan fingerprint density at radius 3 is 2.14 bits per heavy atom. The van der Waals surface area contributed by atoms with Crippen LogP contribution in [0.25, 0.3) is 11.1 Å². The number of benzene rings is 3. The summed E-state index contributed by atoms with van der Waals surface area (Å²) in [5.41, 5.74) is 1.99. The van der Waals surface area contributed by atoms with E-state index in [-0.39, 0.29) is 5.02 Å². The van der Waals surface area contributed by atoms with E-state index in [1.165, 1.54) is 0 Å². The predicted molar refractivity (Wildman–Crippen MR) is 106 cm³/mol. The van der Waals surface area contributed by atoms with Gasteiger partial charge in [0.15, 0.2) is 0 Å². The predicted octanol–water partition coefficient (Wildman–Crippen LogP) is 4.05. The van der Waals surface area contributed by atoms with Crippen LogP contribution in [0.2, 0.25) is 5.02 Å². The van der Waals surface area contributed by atoms with Gasteiger partial charge < -0.3 is 9.84 Å². The molecule has 0 amide bonds. The lowest BCUT2D eigenvalue weighted by Crippen LogP contribution is -2.37. The standard InChI is InChI=1S/C23H17ClO4/c1-14-7-9-15(10-8-14)16-11-12-18(19(24)13-16)23(17-5-3-2-4-6-17)21(26)20(25)22(27)28-23/h2-13,20,25H,1H3. The highest BCUT2D eigenvalue weighted by Gasteiger charge is 2.58. The van der Waals surface area contributed by atoms with Crippen LogP contribution in [-0.2, 0) is 19.9 Å². The van der Waals surface area contributed by atoms with Crippen molar-refractivity contribution in [1.82, 2.24) is 0 Å². The molecule has 3 aromatic rings. The number of aryl methyl sites for hydroxylation is 1. The first kappa shape index (κ1) is 18.4. The maximum absolute atomic E-state index is 12.9. The summed E-state index contributed by atoms with van der Waals surface area (Å²) >= 11 is 6.57. The van der Waals surface area contributed by atoms with Crippen molar-refractivity contribution in [2.45, 2.75) is 18.6 Å². The van der Waals surface area contributed by atoms with Crippen LogP contribution in [0.4, 0.5) is 0 Å². The van der Waals surface area contributed by atoms with E-state index in [4.69, 9.17) is 16.3 Å². The van der Waals surface area contributed by atoms with Gasteiger partial charge in [0.25, 0.3) is 0 Å². The van der Waals surface area contributed by atoms with E-state index in [0.29, 0.717) is 11.1 Å². The number of carbonyl (C=O) groups excluding carboxylic acids is 2. The first-order valence-corrected chi connectivity index (χ1v) is 9.19. The van der Waals surface area contributed by atoms with E-state index in [1.54, 1.807) is 42.5 Å². The zero-order valence-electron chi connectivity index (χ0n) is 15.1. The Kier molecular flexibility index (Phi) is 4.53.